The van der Waals surface area contributed by atoms with Crippen LogP contribution in [0.25, 0.3) is 0 Å². The summed E-state index contributed by atoms with van der Waals surface area (Å²) in [5.41, 5.74) is -3.62. The van der Waals surface area contributed by atoms with Gasteiger partial charge >= 0.3 is 12.4 Å². The van der Waals surface area contributed by atoms with E-state index in [1.807, 2.05) is 4.90 Å². The fraction of sp³-hybridized carbons (Fsp3) is 0.375. The molecule has 11 heteroatoms. The fourth-order valence-corrected chi connectivity index (χ4v) is 3.43. The highest BCUT2D eigenvalue weighted by atomic mass is 32.1. The number of rotatable bonds is 2. The van der Waals surface area contributed by atoms with Gasteiger partial charge in [0.2, 0.25) is 0 Å². The number of benzene rings is 1. The molecule has 1 fully saturated rings. The summed E-state index contributed by atoms with van der Waals surface area (Å²) in [6.45, 7) is 1.14. The zero-order chi connectivity index (χ0) is 19.8. The highest BCUT2D eigenvalue weighted by Crippen LogP contribution is 2.36. The number of carbonyl (C=O) groups excluding carboxylic acids is 1. The molecule has 27 heavy (non-hydrogen) atoms. The summed E-state index contributed by atoms with van der Waals surface area (Å²) in [5.74, 6) is -0.856. The third kappa shape index (κ3) is 4.34. The molecule has 0 radical (unpaired) electrons. The van der Waals surface area contributed by atoms with E-state index in [0.29, 0.717) is 25.2 Å². The van der Waals surface area contributed by atoms with Gasteiger partial charge in [0.1, 0.15) is 0 Å². The molecule has 1 aromatic heterocycles. The van der Waals surface area contributed by atoms with E-state index in [9.17, 15) is 31.1 Å². The first kappa shape index (κ1) is 19.5. The maximum Gasteiger partial charge on any atom is 0.416 e. The first-order chi connectivity index (χ1) is 12.6. The standard InChI is InChI=1S/C16H13F6N3OS/c17-15(18,19)11-7-10(8-12(9-11)16(20,21)22)13(26)24-2-4-25(5-3-24)14-23-1-6-27-14/h1,6-9H,2-5H2. The van der Waals surface area contributed by atoms with Gasteiger partial charge in [-0.2, -0.15) is 26.3 Å². The lowest BCUT2D eigenvalue weighted by Gasteiger charge is -2.34. The maximum atomic E-state index is 12.9. The Morgan fingerprint density at radius 1 is 0.926 bits per heavy atom. The van der Waals surface area contributed by atoms with Crippen LogP contribution in [-0.2, 0) is 12.4 Å². The summed E-state index contributed by atoms with van der Waals surface area (Å²) >= 11 is 1.41. The molecule has 146 valence electrons. The Morgan fingerprint density at radius 3 is 1.93 bits per heavy atom. The van der Waals surface area contributed by atoms with Gasteiger partial charge in [0.15, 0.2) is 5.13 Å². The molecule has 1 aliphatic rings. The van der Waals surface area contributed by atoms with Crippen molar-refractivity contribution in [3.8, 4) is 0 Å². The average molecular weight is 409 g/mol. The Kier molecular flexibility index (Phi) is 5.06. The minimum atomic E-state index is -4.99. The van der Waals surface area contributed by atoms with Crippen LogP contribution >= 0.6 is 11.3 Å². The molecule has 2 heterocycles. The van der Waals surface area contributed by atoms with E-state index in [1.54, 1.807) is 11.6 Å². The van der Waals surface area contributed by atoms with E-state index in [1.165, 1.54) is 16.2 Å². The number of aromatic nitrogens is 1. The molecule has 0 spiro atoms. The largest absolute Gasteiger partial charge is 0.416 e. The van der Waals surface area contributed by atoms with Crippen molar-refractivity contribution in [2.45, 2.75) is 12.4 Å². The van der Waals surface area contributed by atoms with Gasteiger partial charge in [-0.1, -0.05) is 0 Å². The summed E-state index contributed by atoms with van der Waals surface area (Å²) in [6.07, 6.45) is -8.35. The van der Waals surface area contributed by atoms with Crippen molar-refractivity contribution in [2.24, 2.45) is 0 Å². The Bertz CT molecular complexity index is 778. The number of hydrogen-bond acceptors (Lipinski definition) is 4. The Morgan fingerprint density at radius 2 is 1.48 bits per heavy atom. The molecule has 1 aliphatic heterocycles. The van der Waals surface area contributed by atoms with Gasteiger partial charge < -0.3 is 9.80 Å². The van der Waals surface area contributed by atoms with Gasteiger partial charge in [-0.15, -0.1) is 11.3 Å². The lowest BCUT2D eigenvalue weighted by molar-refractivity contribution is -0.143. The number of nitrogens with zero attached hydrogens (tertiary/aromatic N) is 3. The summed E-state index contributed by atoms with van der Waals surface area (Å²) in [7, 11) is 0. The van der Waals surface area contributed by atoms with Crippen molar-refractivity contribution < 1.29 is 31.1 Å². The molecule has 1 saturated heterocycles. The summed E-state index contributed by atoms with van der Waals surface area (Å²) in [6, 6.07) is 0.937. The first-order valence-corrected chi connectivity index (χ1v) is 8.67. The topological polar surface area (TPSA) is 36.4 Å². The number of halogens is 6. The van der Waals surface area contributed by atoms with E-state index in [2.05, 4.69) is 4.98 Å². The van der Waals surface area contributed by atoms with Gasteiger partial charge in [-0.3, -0.25) is 4.79 Å². The lowest BCUT2D eigenvalue weighted by atomic mass is 10.0. The highest BCUT2D eigenvalue weighted by Gasteiger charge is 2.38. The van der Waals surface area contributed by atoms with Gasteiger partial charge in [0.05, 0.1) is 11.1 Å². The molecule has 4 nitrogen and oxygen atoms in total. The van der Waals surface area contributed by atoms with Crippen LogP contribution in [0.3, 0.4) is 0 Å². The molecule has 1 amide bonds. The number of piperazine rings is 1. The predicted octanol–water partition coefficient (Wildman–Crippen LogP) is 4.14. The molecule has 0 unspecified atom stereocenters. The zero-order valence-electron chi connectivity index (χ0n) is 13.6. The summed E-state index contributed by atoms with van der Waals surface area (Å²) in [5, 5.41) is 2.54. The number of anilines is 1. The first-order valence-electron chi connectivity index (χ1n) is 7.79. The Balaban J connectivity index is 1.82. The van der Waals surface area contributed by atoms with Crippen LogP contribution in [0, 0.1) is 0 Å². The number of thiazole rings is 1. The van der Waals surface area contributed by atoms with Crippen molar-refractivity contribution >= 4 is 22.4 Å². The average Bonchev–Trinajstić information content (AvgIpc) is 3.14. The van der Waals surface area contributed by atoms with Crippen LogP contribution in [0.15, 0.2) is 29.8 Å². The van der Waals surface area contributed by atoms with E-state index in [-0.39, 0.29) is 19.2 Å². The number of amides is 1. The van der Waals surface area contributed by atoms with Crippen LogP contribution in [0.4, 0.5) is 31.5 Å². The maximum absolute atomic E-state index is 12.9. The highest BCUT2D eigenvalue weighted by molar-refractivity contribution is 7.13. The smallest absolute Gasteiger partial charge is 0.345 e. The van der Waals surface area contributed by atoms with Crippen LogP contribution in [0.5, 0.6) is 0 Å². The molecule has 3 rings (SSSR count). The van der Waals surface area contributed by atoms with E-state index in [4.69, 9.17) is 0 Å². The molecule has 1 aromatic carbocycles. The van der Waals surface area contributed by atoms with Crippen LogP contribution in [-0.4, -0.2) is 42.0 Å². The molecule has 0 aliphatic carbocycles. The lowest BCUT2D eigenvalue weighted by Crippen LogP contribution is -2.48. The van der Waals surface area contributed by atoms with Gasteiger partial charge in [-0.25, -0.2) is 4.98 Å². The quantitative estimate of drug-likeness (QED) is 0.700. The van der Waals surface area contributed by atoms with Crippen molar-refractivity contribution in [2.75, 3.05) is 31.1 Å². The molecule has 0 N–H and O–H groups in total. The normalized spacial score (nSPS) is 15.9. The molecular weight excluding hydrogens is 396 g/mol. The van der Waals surface area contributed by atoms with Crippen LogP contribution in [0.1, 0.15) is 21.5 Å². The van der Waals surface area contributed by atoms with Crippen molar-refractivity contribution in [3.05, 3.63) is 46.5 Å². The van der Waals surface area contributed by atoms with Crippen LogP contribution in [0.2, 0.25) is 0 Å². The van der Waals surface area contributed by atoms with Crippen molar-refractivity contribution in [1.29, 1.82) is 0 Å². The summed E-state index contributed by atoms with van der Waals surface area (Å²) < 4.78 is 77.7. The van der Waals surface area contributed by atoms with Crippen molar-refractivity contribution in [1.82, 2.24) is 9.88 Å². The molecule has 0 saturated carbocycles. The minimum Gasteiger partial charge on any atom is -0.345 e. The molecule has 0 bridgehead atoms. The van der Waals surface area contributed by atoms with E-state index < -0.39 is 35.0 Å². The molecule has 2 aromatic rings. The monoisotopic (exact) mass is 409 g/mol. The van der Waals surface area contributed by atoms with E-state index in [0.717, 1.165) is 5.13 Å². The summed E-state index contributed by atoms with van der Waals surface area (Å²) in [4.78, 5) is 19.8. The number of carbonyl (C=O) groups is 1. The molecular formula is C16H13F6N3OS. The number of hydrogen-bond donors (Lipinski definition) is 0. The predicted molar refractivity (Wildman–Crippen MR) is 86.7 cm³/mol. The third-order valence-corrected chi connectivity index (χ3v) is 4.92. The Labute approximate surface area is 154 Å². The van der Waals surface area contributed by atoms with Gasteiger partial charge in [0, 0.05) is 43.3 Å². The van der Waals surface area contributed by atoms with Crippen molar-refractivity contribution in [3.63, 3.8) is 0 Å². The van der Waals surface area contributed by atoms with Crippen LogP contribution < -0.4 is 4.90 Å². The van der Waals surface area contributed by atoms with E-state index >= 15 is 0 Å². The third-order valence-electron chi connectivity index (χ3n) is 4.09. The zero-order valence-corrected chi connectivity index (χ0v) is 14.5. The number of alkyl halides is 6. The molecule has 0 atom stereocenters. The van der Waals surface area contributed by atoms with Gasteiger partial charge in [0.25, 0.3) is 5.91 Å². The SMILES string of the molecule is O=C(c1cc(C(F)(F)F)cc(C(F)(F)F)c1)N1CCN(c2nccs2)CC1. The minimum absolute atomic E-state index is 0.0111. The van der Waals surface area contributed by atoms with Gasteiger partial charge in [-0.05, 0) is 18.2 Å². The second-order valence-corrected chi connectivity index (χ2v) is 6.76. The fourth-order valence-electron chi connectivity index (χ4n) is 2.73. The second-order valence-electron chi connectivity index (χ2n) is 5.89. The second kappa shape index (κ2) is 7.02. The Hall–Kier alpha value is -2.30.